The van der Waals surface area contributed by atoms with Gasteiger partial charge >= 0.3 is 6.03 Å². The minimum absolute atomic E-state index is 0.0453. The molecule has 8 nitrogen and oxygen atoms in total. The van der Waals surface area contributed by atoms with Crippen LogP contribution in [0.1, 0.15) is 25.0 Å². The molecule has 0 unspecified atom stereocenters. The number of carbonyl (C=O) groups is 3. The smallest absolute Gasteiger partial charge is 0.333 e. The summed E-state index contributed by atoms with van der Waals surface area (Å²) in [5, 5.41) is 6.23. The molecule has 0 radical (unpaired) electrons. The lowest BCUT2D eigenvalue weighted by molar-refractivity contribution is -0.190. The van der Waals surface area contributed by atoms with Gasteiger partial charge in [0.05, 0.1) is 13.1 Å². The van der Waals surface area contributed by atoms with E-state index in [1.54, 1.807) is 26.9 Å². The minimum atomic E-state index is -0.616. The number of rotatable bonds is 5. The molecule has 0 spiro atoms. The summed E-state index contributed by atoms with van der Waals surface area (Å²) in [6.45, 7) is 5.01. The second-order valence-electron chi connectivity index (χ2n) is 9.48. The Labute approximate surface area is 201 Å². The van der Waals surface area contributed by atoms with Crippen LogP contribution in [0.25, 0.3) is 0 Å². The van der Waals surface area contributed by atoms with Gasteiger partial charge < -0.3 is 15.1 Å². The molecule has 0 bridgehead atoms. The second kappa shape index (κ2) is 9.89. The Morgan fingerprint density at radius 2 is 1.79 bits per heavy atom. The Balaban J connectivity index is 1.61. The topological polar surface area (TPSA) is 76.2 Å². The molecule has 2 fully saturated rings. The lowest BCUT2D eigenvalue weighted by atomic mass is 9.93. The third-order valence-corrected chi connectivity index (χ3v) is 6.45. The summed E-state index contributed by atoms with van der Waals surface area (Å²) < 4.78 is 0. The third-order valence-electron chi connectivity index (χ3n) is 6.45. The Hall–Kier alpha value is -3.33. The maximum Gasteiger partial charge on any atom is 0.334 e. The van der Waals surface area contributed by atoms with Crippen molar-refractivity contribution in [2.24, 2.45) is 5.92 Å². The van der Waals surface area contributed by atoms with E-state index in [9.17, 15) is 14.4 Å². The van der Waals surface area contributed by atoms with Crippen LogP contribution in [0.2, 0.25) is 0 Å². The van der Waals surface area contributed by atoms with E-state index in [1.165, 1.54) is 0 Å². The van der Waals surface area contributed by atoms with Crippen LogP contribution in [0.3, 0.4) is 0 Å². The highest BCUT2D eigenvalue weighted by atomic mass is 16.2. The van der Waals surface area contributed by atoms with E-state index >= 15 is 0 Å². The summed E-state index contributed by atoms with van der Waals surface area (Å²) in [4.78, 5) is 43.4. The molecule has 34 heavy (non-hydrogen) atoms. The highest BCUT2D eigenvalue weighted by Gasteiger charge is 2.51. The first-order chi connectivity index (χ1) is 16.3. The van der Waals surface area contributed by atoms with Gasteiger partial charge in [-0.2, -0.15) is 0 Å². The van der Waals surface area contributed by atoms with E-state index in [2.05, 4.69) is 11.4 Å². The van der Waals surface area contributed by atoms with Crippen LogP contribution in [-0.4, -0.2) is 77.9 Å². The summed E-state index contributed by atoms with van der Waals surface area (Å²) in [6.07, 6.45) is -0.572. The van der Waals surface area contributed by atoms with E-state index in [-0.39, 0.29) is 36.9 Å². The number of likely N-dealkylation sites (N-methyl/N-ethyl adjacent to an activating group) is 1. The summed E-state index contributed by atoms with van der Waals surface area (Å²) in [5.74, 6) is -0.297. The van der Waals surface area contributed by atoms with Crippen molar-refractivity contribution < 1.29 is 14.4 Å². The van der Waals surface area contributed by atoms with Gasteiger partial charge in [-0.3, -0.25) is 9.59 Å². The molecule has 2 atom stereocenters. The molecule has 2 aromatic rings. The lowest BCUT2D eigenvalue weighted by Gasteiger charge is -2.55. The van der Waals surface area contributed by atoms with Crippen LogP contribution in [0.5, 0.6) is 0 Å². The third kappa shape index (κ3) is 4.80. The number of urea groups is 1. The SMILES string of the molecule is Bc1cccc(CN2C[C@H]3N(C(=O)CN(C)N3C(=O)NCc3ccccc3)[C@@H](C(C)C)C2=O)c1. The zero-order valence-corrected chi connectivity index (χ0v) is 20.3. The number of fused-ring (bicyclic) bond motifs is 1. The molecular formula is C25H32BN5O3. The molecule has 2 saturated heterocycles. The van der Waals surface area contributed by atoms with Crippen molar-refractivity contribution in [3.63, 3.8) is 0 Å². The Bertz CT molecular complexity index is 1060. The first kappa shape index (κ1) is 23.8. The van der Waals surface area contributed by atoms with Gasteiger partial charge in [0.25, 0.3) is 0 Å². The van der Waals surface area contributed by atoms with Crippen molar-refractivity contribution in [3.8, 4) is 0 Å². The molecular weight excluding hydrogens is 429 g/mol. The number of nitrogens with zero attached hydrogens (tertiary/aromatic N) is 4. The zero-order chi connectivity index (χ0) is 24.4. The number of hydrogen-bond acceptors (Lipinski definition) is 4. The predicted molar refractivity (Wildman–Crippen MR) is 132 cm³/mol. The quantitative estimate of drug-likeness (QED) is 0.660. The predicted octanol–water partition coefficient (Wildman–Crippen LogP) is 0.539. The van der Waals surface area contributed by atoms with Crippen molar-refractivity contribution in [1.29, 1.82) is 0 Å². The first-order valence-electron chi connectivity index (χ1n) is 11.7. The van der Waals surface area contributed by atoms with Crippen LogP contribution < -0.4 is 10.8 Å². The largest absolute Gasteiger partial charge is 0.334 e. The van der Waals surface area contributed by atoms with Crippen molar-refractivity contribution in [2.75, 3.05) is 20.1 Å². The van der Waals surface area contributed by atoms with Gasteiger partial charge in [-0.25, -0.2) is 14.8 Å². The summed E-state index contributed by atoms with van der Waals surface area (Å²) in [6, 6.07) is 16.8. The Morgan fingerprint density at radius 1 is 1.09 bits per heavy atom. The van der Waals surface area contributed by atoms with E-state index in [4.69, 9.17) is 0 Å². The maximum atomic E-state index is 13.5. The summed E-state index contributed by atoms with van der Waals surface area (Å²) in [5.41, 5.74) is 3.14. The average Bonchev–Trinajstić information content (AvgIpc) is 2.79. The Kier molecular flexibility index (Phi) is 6.93. The van der Waals surface area contributed by atoms with Crippen LogP contribution >= 0.6 is 0 Å². The lowest BCUT2D eigenvalue weighted by Crippen LogP contribution is -2.76. The van der Waals surface area contributed by atoms with Crippen molar-refractivity contribution >= 4 is 31.2 Å². The standard InChI is InChI=1S/C25H32BN5O3/c1-17(2)23-24(33)29(14-19-10-7-11-20(26)12-19)15-21-30(23)22(32)16-28(3)31(21)25(34)27-13-18-8-5-4-6-9-18/h4-12,17,21,23H,13-16,26H2,1-3H3,(H,27,34)/t21-,23-/m0/s1. The van der Waals surface area contributed by atoms with Crippen LogP contribution in [0, 0.1) is 5.92 Å². The number of hydrogen-bond donors (Lipinski definition) is 1. The number of amides is 4. The van der Waals surface area contributed by atoms with E-state index in [0.717, 1.165) is 16.6 Å². The molecule has 4 rings (SSSR count). The highest BCUT2D eigenvalue weighted by Crippen LogP contribution is 2.29. The summed E-state index contributed by atoms with van der Waals surface area (Å²) >= 11 is 0. The number of benzene rings is 2. The van der Waals surface area contributed by atoms with Crippen LogP contribution in [-0.2, 0) is 22.7 Å². The summed E-state index contributed by atoms with van der Waals surface area (Å²) in [7, 11) is 3.76. The van der Waals surface area contributed by atoms with E-state index in [0.29, 0.717) is 13.1 Å². The normalized spacial score (nSPS) is 21.1. The van der Waals surface area contributed by atoms with Gasteiger partial charge in [0.1, 0.15) is 20.1 Å². The molecule has 1 N–H and O–H groups in total. The van der Waals surface area contributed by atoms with E-state index < -0.39 is 12.2 Å². The van der Waals surface area contributed by atoms with Gasteiger partial charge in [-0.1, -0.05) is 73.9 Å². The van der Waals surface area contributed by atoms with Crippen molar-refractivity contribution in [1.82, 2.24) is 25.1 Å². The Morgan fingerprint density at radius 3 is 2.47 bits per heavy atom. The molecule has 4 amide bonds. The monoisotopic (exact) mass is 461 g/mol. The number of carbonyl (C=O) groups excluding carboxylic acids is 3. The number of piperazine rings is 1. The minimum Gasteiger partial charge on any atom is -0.333 e. The highest BCUT2D eigenvalue weighted by molar-refractivity contribution is 6.32. The van der Waals surface area contributed by atoms with Gasteiger partial charge in [-0.15, -0.1) is 0 Å². The fourth-order valence-corrected chi connectivity index (χ4v) is 4.89. The van der Waals surface area contributed by atoms with Gasteiger partial charge in [0.2, 0.25) is 11.8 Å². The molecule has 0 aromatic heterocycles. The molecule has 2 heterocycles. The molecule has 2 aromatic carbocycles. The van der Waals surface area contributed by atoms with E-state index in [1.807, 2.05) is 70.2 Å². The molecule has 0 saturated carbocycles. The molecule has 178 valence electrons. The molecule has 2 aliphatic heterocycles. The fraction of sp³-hybridized carbons (Fsp3) is 0.400. The molecule has 2 aliphatic rings. The van der Waals surface area contributed by atoms with Crippen molar-refractivity contribution in [2.45, 2.75) is 39.1 Å². The first-order valence-corrected chi connectivity index (χ1v) is 11.7. The van der Waals surface area contributed by atoms with Gasteiger partial charge in [0.15, 0.2) is 0 Å². The number of nitrogens with one attached hydrogen (secondary N) is 1. The van der Waals surface area contributed by atoms with Crippen LogP contribution in [0.4, 0.5) is 4.79 Å². The maximum absolute atomic E-state index is 13.5. The van der Waals surface area contributed by atoms with Crippen LogP contribution in [0.15, 0.2) is 54.6 Å². The second-order valence-corrected chi connectivity index (χ2v) is 9.48. The van der Waals surface area contributed by atoms with Gasteiger partial charge in [-0.05, 0) is 17.0 Å². The molecule has 0 aliphatic carbocycles. The van der Waals surface area contributed by atoms with Gasteiger partial charge in [0, 0.05) is 20.1 Å². The molecule has 9 heteroatoms. The average molecular weight is 461 g/mol. The fourth-order valence-electron chi connectivity index (χ4n) is 4.89. The zero-order valence-electron chi connectivity index (χ0n) is 20.3. The number of hydrazine groups is 1. The van der Waals surface area contributed by atoms with Crippen molar-refractivity contribution in [3.05, 3.63) is 65.7 Å².